The minimum atomic E-state index is -3.72. The number of nitro benzene ring substituents is 1. The van der Waals surface area contributed by atoms with E-state index >= 15 is 0 Å². The van der Waals surface area contributed by atoms with Gasteiger partial charge in [0.25, 0.3) is 5.69 Å². The Kier molecular flexibility index (Phi) is 4.43. The molecule has 0 aliphatic heterocycles. The number of non-ortho nitro benzene ring substituents is 1. The minimum Gasteiger partial charge on any atom is -0.478 e. The lowest BCUT2D eigenvalue weighted by Crippen LogP contribution is -2.18. The molecule has 0 spiro atoms. The van der Waals surface area contributed by atoms with Crippen molar-refractivity contribution in [2.45, 2.75) is 13.3 Å². The first kappa shape index (κ1) is 14.9. The van der Waals surface area contributed by atoms with Crippen LogP contribution >= 0.6 is 0 Å². The zero-order chi connectivity index (χ0) is 14.6. The van der Waals surface area contributed by atoms with Gasteiger partial charge in [0, 0.05) is 12.1 Å². The highest BCUT2D eigenvalue weighted by atomic mass is 32.2. The lowest BCUT2D eigenvalue weighted by atomic mass is 10.1. The van der Waals surface area contributed by atoms with Gasteiger partial charge in [-0.25, -0.2) is 13.2 Å². The smallest absolute Gasteiger partial charge is 0.337 e. The summed E-state index contributed by atoms with van der Waals surface area (Å²) < 4.78 is 25.2. The van der Waals surface area contributed by atoms with Crippen LogP contribution in [0.15, 0.2) is 18.2 Å². The van der Waals surface area contributed by atoms with Gasteiger partial charge in [0.1, 0.15) is 0 Å². The van der Waals surface area contributed by atoms with E-state index in [1.807, 2.05) is 0 Å². The summed E-state index contributed by atoms with van der Waals surface area (Å²) in [6, 6.07) is 2.88. The molecular formula is C10H12N2O6S. The summed E-state index contributed by atoms with van der Waals surface area (Å²) in [6.45, 7) is 1.64. The highest BCUT2D eigenvalue weighted by Gasteiger charge is 2.19. The van der Waals surface area contributed by atoms with E-state index in [0.29, 0.717) is 6.42 Å². The highest BCUT2D eigenvalue weighted by molar-refractivity contribution is 7.92. The Morgan fingerprint density at radius 1 is 1.47 bits per heavy atom. The summed E-state index contributed by atoms with van der Waals surface area (Å²) in [5.41, 5.74) is -1.04. The number of nitro groups is 1. The average molecular weight is 288 g/mol. The molecule has 104 valence electrons. The summed E-state index contributed by atoms with van der Waals surface area (Å²) in [7, 11) is -3.72. The number of benzene rings is 1. The van der Waals surface area contributed by atoms with Gasteiger partial charge >= 0.3 is 5.97 Å². The fourth-order valence-corrected chi connectivity index (χ4v) is 2.55. The maximum absolute atomic E-state index is 11.6. The van der Waals surface area contributed by atoms with E-state index in [0.717, 1.165) is 18.2 Å². The Morgan fingerprint density at radius 2 is 2.11 bits per heavy atom. The molecule has 0 aromatic heterocycles. The highest BCUT2D eigenvalue weighted by Crippen LogP contribution is 2.23. The third-order valence-electron chi connectivity index (χ3n) is 2.18. The SMILES string of the molecule is CCCS(=O)(=O)Nc1cc([N+](=O)[O-])ccc1C(=O)O. The predicted molar refractivity (Wildman–Crippen MR) is 67.8 cm³/mol. The number of hydrogen-bond donors (Lipinski definition) is 2. The third-order valence-corrected chi connectivity index (χ3v) is 3.66. The lowest BCUT2D eigenvalue weighted by molar-refractivity contribution is -0.384. The van der Waals surface area contributed by atoms with Crippen LogP contribution in [-0.2, 0) is 10.0 Å². The second-order valence-corrected chi connectivity index (χ2v) is 5.55. The molecule has 1 aromatic rings. The fraction of sp³-hybridized carbons (Fsp3) is 0.300. The van der Waals surface area contributed by atoms with Gasteiger partial charge in [0.15, 0.2) is 0 Å². The van der Waals surface area contributed by atoms with Gasteiger partial charge in [-0.1, -0.05) is 6.92 Å². The average Bonchev–Trinajstić information content (AvgIpc) is 2.27. The maximum atomic E-state index is 11.6. The number of rotatable bonds is 6. The van der Waals surface area contributed by atoms with Crippen LogP contribution in [0, 0.1) is 10.1 Å². The Labute approximate surface area is 109 Å². The molecule has 0 amide bonds. The number of anilines is 1. The van der Waals surface area contributed by atoms with Crippen molar-refractivity contribution in [2.75, 3.05) is 10.5 Å². The Bertz CT molecular complexity index is 610. The number of carbonyl (C=O) groups is 1. The normalized spacial score (nSPS) is 11.0. The van der Waals surface area contributed by atoms with Crippen molar-refractivity contribution in [3.05, 3.63) is 33.9 Å². The predicted octanol–water partition coefficient (Wildman–Crippen LogP) is 1.44. The van der Waals surface area contributed by atoms with Crippen molar-refractivity contribution in [3.8, 4) is 0 Å². The van der Waals surface area contributed by atoms with E-state index in [1.165, 1.54) is 0 Å². The van der Waals surface area contributed by atoms with Crippen LogP contribution in [-0.4, -0.2) is 30.2 Å². The molecule has 1 rings (SSSR count). The molecule has 0 aliphatic carbocycles. The molecule has 0 fully saturated rings. The Hall–Kier alpha value is -2.16. The molecule has 0 saturated carbocycles. The van der Waals surface area contributed by atoms with E-state index < -0.39 is 20.9 Å². The summed E-state index contributed by atoms with van der Waals surface area (Å²) in [5, 5.41) is 19.5. The molecule has 0 bridgehead atoms. The standard InChI is InChI=1S/C10H12N2O6S/c1-2-5-19(17,18)11-9-6-7(12(15)16)3-4-8(9)10(13)14/h3-4,6,11H,2,5H2,1H3,(H,13,14). The molecule has 2 N–H and O–H groups in total. The summed E-state index contributed by atoms with van der Waals surface area (Å²) >= 11 is 0. The van der Waals surface area contributed by atoms with E-state index in [4.69, 9.17) is 5.11 Å². The second-order valence-electron chi connectivity index (χ2n) is 3.71. The first-order valence-corrected chi connectivity index (χ1v) is 6.94. The van der Waals surface area contributed by atoms with Crippen molar-refractivity contribution in [1.82, 2.24) is 0 Å². The van der Waals surface area contributed by atoms with Crippen LogP contribution in [0.3, 0.4) is 0 Å². The monoisotopic (exact) mass is 288 g/mol. The van der Waals surface area contributed by atoms with Gasteiger partial charge in [-0.05, 0) is 12.5 Å². The quantitative estimate of drug-likeness (QED) is 0.602. The van der Waals surface area contributed by atoms with Crippen LogP contribution in [0.5, 0.6) is 0 Å². The van der Waals surface area contributed by atoms with Crippen molar-refractivity contribution in [3.63, 3.8) is 0 Å². The zero-order valence-electron chi connectivity index (χ0n) is 9.99. The number of hydrogen-bond acceptors (Lipinski definition) is 5. The van der Waals surface area contributed by atoms with E-state index in [-0.39, 0.29) is 22.7 Å². The molecule has 0 unspecified atom stereocenters. The van der Waals surface area contributed by atoms with Gasteiger partial charge in [-0.2, -0.15) is 0 Å². The first-order chi connectivity index (χ1) is 8.76. The van der Waals surface area contributed by atoms with Crippen LogP contribution in [0.1, 0.15) is 23.7 Å². The molecule has 9 heteroatoms. The molecule has 0 radical (unpaired) electrons. The van der Waals surface area contributed by atoms with Crippen molar-refractivity contribution >= 4 is 27.4 Å². The van der Waals surface area contributed by atoms with Gasteiger partial charge in [0.2, 0.25) is 10.0 Å². The minimum absolute atomic E-state index is 0.200. The molecule has 1 aromatic carbocycles. The zero-order valence-corrected chi connectivity index (χ0v) is 10.8. The molecule has 0 aliphatic rings. The molecule has 19 heavy (non-hydrogen) atoms. The topological polar surface area (TPSA) is 127 Å². The summed E-state index contributed by atoms with van der Waals surface area (Å²) in [5.74, 6) is -1.57. The Morgan fingerprint density at radius 3 is 2.58 bits per heavy atom. The van der Waals surface area contributed by atoms with E-state index in [9.17, 15) is 23.3 Å². The number of nitrogens with zero attached hydrogens (tertiary/aromatic N) is 1. The number of nitrogens with one attached hydrogen (secondary N) is 1. The van der Waals surface area contributed by atoms with Gasteiger partial charge in [-0.15, -0.1) is 0 Å². The van der Waals surface area contributed by atoms with Crippen LogP contribution < -0.4 is 4.72 Å². The van der Waals surface area contributed by atoms with E-state index in [2.05, 4.69) is 4.72 Å². The van der Waals surface area contributed by atoms with Gasteiger partial charge < -0.3 is 5.11 Å². The van der Waals surface area contributed by atoms with Crippen LogP contribution in [0.25, 0.3) is 0 Å². The summed E-state index contributed by atoms with van der Waals surface area (Å²) in [4.78, 5) is 20.8. The van der Waals surface area contributed by atoms with Gasteiger partial charge in [0.05, 0.1) is 21.9 Å². The largest absolute Gasteiger partial charge is 0.478 e. The van der Waals surface area contributed by atoms with Crippen molar-refractivity contribution < 1.29 is 23.2 Å². The van der Waals surface area contributed by atoms with Crippen molar-refractivity contribution in [1.29, 1.82) is 0 Å². The van der Waals surface area contributed by atoms with Gasteiger partial charge in [-0.3, -0.25) is 14.8 Å². The van der Waals surface area contributed by atoms with Crippen molar-refractivity contribution in [2.24, 2.45) is 0 Å². The number of aromatic carboxylic acids is 1. The number of carboxylic acid groups (broad SMARTS) is 1. The molecule has 8 nitrogen and oxygen atoms in total. The molecule has 0 saturated heterocycles. The van der Waals surface area contributed by atoms with Crippen LogP contribution in [0.4, 0.5) is 11.4 Å². The fourth-order valence-electron chi connectivity index (χ4n) is 1.40. The van der Waals surface area contributed by atoms with E-state index in [1.54, 1.807) is 6.92 Å². The number of sulfonamides is 1. The summed E-state index contributed by atoms with van der Waals surface area (Å²) in [6.07, 6.45) is 0.340. The first-order valence-electron chi connectivity index (χ1n) is 5.29. The lowest BCUT2D eigenvalue weighted by Gasteiger charge is -2.09. The number of carboxylic acids is 1. The third kappa shape index (κ3) is 3.91. The molecular weight excluding hydrogens is 276 g/mol. The Balaban J connectivity index is 3.26. The maximum Gasteiger partial charge on any atom is 0.337 e. The molecule has 0 heterocycles. The molecule has 0 atom stereocenters. The van der Waals surface area contributed by atoms with Crippen LogP contribution in [0.2, 0.25) is 0 Å². The second kappa shape index (κ2) is 5.65.